The van der Waals surface area contributed by atoms with E-state index in [1.54, 1.807) is 18.4 Å². The molecule has 3 N–H and O–H groups in total. The molecule has 0 amide bonds. The minimum Gasteiger partial charge on any atom is -0.461 e. The van der Waals surface area contributed by atoms with Gasteiger partial charge in [0.05, 0.1) is 12.3 Å². The zero-order chi connectivity index (χ0) is 20.8. The van der Waals surface area contributed by atoms with Crippen LogP contribution in [0.5, 0.6) is 0 Å². The Morgan fingerprint density at radius 3 is 2.90 bits per heavy atom. The fourth-order valence-corrected chi connectivity index (χ4v) is 3.99. The van der Waals surface area contributed by atoms with Crippen molar-refractivity contribution in [3.63, 3.8) is 0 Å². The number of nitrogens with two attached hydrogens (primary N) is 1. The second kappa shape index (κ2) is 7.10. The lowest BCUT2D eigenvalue weighted by Crippen LogP contribution is -2.53. The van der Waals surface area contributed by atoms with E-state index in [4.69, 9.17) is 14.6 Å². The van der Waals surface area contributed by atoms with Crippen molar-refractivity contribution in [2.24, 2.45) is 0 Å². The molecule has 1 saturated heterocycles. The zero-order valence-corrected chi connectivity index (χ0v) is 16.6. The molecule has 0 spiro atoms. The lowest BCUT2D eigenvalue weighted by Gasteiger charge is -2.36. The largest absolute Gasteiger partial charge is 0.461 e. The van der Waals surface area contributed by atoms with Crippen LogP contribution >= 0.6 is 0 Å². The first kappa shape index (κ1) is 17.9. The third-order valence-corrected chi connectivity index (χ3v) is 5.50. The number of hydrogen-bond donors (Lipinski definition) is 2. The van der Waals surface area contributed by atoms with Crippen LogP contribution in [-0.4, -0.2) is 50.2 Å². The van der Waals surface area contributed by atoms with E-state index in [9.17, 15) is 0 Å². The van der Waals surface area contributed by atoms with Gasteiger partial charge in [0.2, 0.25) is 17.7 Å². The van der Waals surface area contributed by atoms with Gasteiger partial charge in [0.25, 0.3) is 5.78 Å². The predicted molar refractivity (Wildman–Crippen MR) is 114 cm³/mol. The number of nitrogen functional groups attached to an aromatic ring is 1. The Kier molecular flexibility index (Phi) is 4.10. The van der Waals surface area contributed by atoms with Gasteiger partial charge in [-0.25, -0.2) is 0 Å². The van der Waals surface area contributed by atoms with E-state index >= 15 is 0 Å². The minimum atomic E-state index is 0.110. The van der Waals surface area contributed by atoms with Gasteiger partial charge in [-0.05, 0) is 30.3 Å². The van der Waals surface area contributed by atoms with Gasteiger partial charge < -0.3 is 24.8 Å². The Morgan fingerprint density at radius 1 is 1.06 bits per heavy atom. The van der Waals surface area contributed by atoms with Crippen molar-refractivity contribution >= 4 is 17.7 Å². The summed E-state index contributed by atoms with van der Waals surface area (Å²) in [4.78, 5) is 15.8. The van der Waals surface area contributed by atoms with Gasteiger partial charge in [0.1, 0.15) is 11.5 Å². The van der Waals surface area contributed by atoms with Crippen molar-refractivity contribution in [1.29, 1.82) is 0 Å². The number of anilines is 2. The summed E-state index contributed by atoms with van der Waals surface area (Å²) in [7, 11) is 0. The Balaban J connectivity index is 1.33. The van der Waals surface area contributed by atoms with Crippen molar-refractivity contribution in [3.05, 3.63) is 54.5 Å². The maximum Gasteiger partial charge on any atom is 0.259 e. The zero-order valence-electron chi connectivity index (χ0n) is 16.6. The molecular formula is C21H20N8O2. The average molecular weight is 416 g/mol. The SMILES string of the molecule is Nc1nc(N2CCNCC2Cc2ccc3cccc-3o2)nc2nc(-c3ccco3)nn12. The molecule has 31 heavy (non-hydrogen) atoms. The molecule has 0 bridgehead atoms. The molecule has 1 fully saturated rings. The minimum absolute atomic E-state index is 0.110. The molecule has 10 nitrogen and oxygen atoms in total. The first-order valence-corrected chi connectivity index (χ1v) is 10.1. The quantitative estimate of drug-likeness (QED) is 0.453. The molecule has 1 atom stereocenters. The molecule has 10 heteroatoms. The van der Waals surface area contributed by atoms with Gasteiger partial charge in [-0.2, -0.15) is 19.5 Å². The van der Waals surface area contributed by atoms with Crippen LogP contribution in [0.25, 0.3) is 28.7 Å². The lowest BCUT2D eigenvalue weighted by atomic mass is 10.1. The Labute approximate surface area is 177 Å². The van der Waals surface area contributed by atoms with Gasteiger partial charge in [0, 0.05) is 31.6 Å². The Bertz CT molecular complexity index is 1310. The molecule has 2 aliphatic heterocycles. The van der Waals surface area contributed by atoms with Crippen molar-refractivity contribution < 1.29 is 8.83 Å². The number of rotatable bonds is 4. The lowest BCUT2D eigenvalue weighted by molar-refractivity contribution is 0.422. The second-order valence-corrected chi connectivity index (χ2v) is 7.51. The van der Waals surface area contributed by atoms with E-state index in [0.29, 0.717) is 29.7 Å². The molecule has 3 aromatic rings. The molecular weight excluding hydrogens is 396 g/mol. The van der Waals surface area contributed by atoms with Crippen molar-refractivity contribution in [2.75, 3.05) is 30.3 Å². The van der Waals surface area contributed by atoms with E-state index in [2.05, 4.69) is 36.3 Å². The summed E-state index contributed by atoms with van der Waals surface area (Å²) in [6, 6.07) is 13.8. The van der Waals surface area contributed by atoms with Crippen LogP contribution in [0.4, 0.5) is 11.9 Å². The topological polar surface area (TPSA) is 124 Å². The van der Waals surface area contributed by atoms with Crippen LogP contribution < -0.4 is 16.0 Å². The number of nitrogens with zero attached hydrogens (tertiary/aromatic N) is 6. The van der Waals surface area contributed by atoms with Crippen LogP contribution in [-0.2, 0) is 6.42 Å². The summed E-state index contributed by atoms with van der Waals surface area (Å²) in [5.74, 6) is 3.92. The maximum atomic E-state index is 6.20. The fourth-order valence-electron chi connectivity index (χ4n) is 3.99. The third kappa shape index (κ3) is 3.17. The second-order valence-electron chi connectivity index (χ2n) is 7.51. The number of hydrogen-bond acceptors (Lipinski definition) is 9. The summed E-state index contributed by atoms with van der Waals surface area (Å²) in [5, 5.41) is 7.81. The van der Waals surface area contributed by atoms with Gasteiger partial charge >= 0.3 is 0 Å². The van der Waals surface area contributed by atoms with Crippen LogP contribution in [0.3, 0.4) is 0 Å². The molecule has 3 aliphatic rings. The highest BCUT2D eigenvalue weighted by Crippen LogP contribution is 2.26. The van der Waals surface area contributed by atoms with Gasteiger partial charge in [-0.15, -0.1) is 5.10 Å². The van der Waals surface area contributed by atoms with E-state index in [1.807, 2.05) is 24.3 Å². The number of nitrogens with one attached hydrogen (secondary N) is 1. The van der Waals surface area contributed by atoms with Gasteiger partial charge in [-0.3, -0.25) is 0 Å². The van der Waals surface area contributed by atoms with E-state index in [0.717, 1.165) is 36.7 Å². The summed E-state index contributed by atoms with van der Waals surface area (Å²) >= 11 is 0. The normalized spacial score (nSPS) is 17.0. The highest BCUT2D eigenvalue weighted by Gasteiger charge is 2.27. The molecule has 0 radical (unpaired) electrons. The van der Waals surface area contributed by atoms with E-state index in [-0.39, 0.29) is 12.0 Å². The number of piperazine rings is 1. The molecule has 5 heterocycles. The molecule has 0 aromatic carbocycles. The number of fused-ring (bicyclic) bond motifs is 2. The summed E-state index contributed by atoms with van der Waals surface area (Å²) in [6.45, 7) is 2.36. The number of aromatic nitrogens is 5. The molecule has 3 aromatic heterocycles. The van der Waals surface area contributed by atoms with Crippen molar-refractivity contribution in [3.8, 4) is 22.9 Å². The standard InChI is InChI=1S/C21H20N8O2/c22-19-25-20(26-21-24-18(27-29(19)21)17-5-2-10-30-17)28-9-8-23-12-14(28)11-15-7-6-13-3-1-4-16(13)31-15/h1-7,10,14,23H,8-9,11-12H2,(H2,22,24,25,26,27). The average Bonchev–Trinajstić information content (AvgIpc) is 3.53. The molecule has 1 aliphatic carbocycles. The van der Waals surface area contributed by atoms with E-state index < -0.39 is 0 Å². The van der Waals surface area contributed by atoms with Crippen LogP contribution in [0, 0.1) is 0 Å². The van der Waals surface area contributed by atoms with Crippen LogP contribution in [0.1, 0.15) is 5.76 Å². The summed E-state index contributed by atoms with van der Waals surface area (Å²) in [6.07, 6.45) is 2.29. The first-order valence-electron chi connectivity index (χ1n) is 10.1. The molecule has 156 valence electrons. The van der Waals surface area contributed by atoms with Gasteiger partial charge in [-0.1, -0.05) is 12.1 Å². The van der Waals surface area contributed by atoms with Crippen LogP contribution in [0.2, 0.25) is 0 Å². The maximum absolute atomic E-state index is 6.20. The third-order valence-electron chi connectivity index (χ3n) is 5.50. The smallest absolute Gasteiger partial charge is 0.259 e. The first-order chi connectivity index (χ1) is 15.2. The molecule has 6 rings (SSSR count). The van der Waals surface area contributed by atoms with Gasteiger partial charge in [0.15, 0.2) is 5.76 Å². The Hall–Kier alpha value is -3.92. The molecule has 1 unspecified atom stereocenters. The summed E-state index contributed by atoms with van der Waals surface area (Å²) < 4.78 is 12.9. The van der Waals surface area contributed by atoms with Crippen molar-refractivity contribution in [1.82, 2.24) is 29.9 Å². The van der Waals surface area contributed by atoms with E-state index in [1.165, 1.54) is 4.52 Å². The predicted octanol–water partition coefficient (Wildman–Crippen LogP) is 2.08. The van der Waals surface area contributed by atoms with Crippen molar-refractivity contribution in [2.45, 2.75) is 12.5 Å². The fraction of sp³-hybridized carbons (Fsp3) is 0.238. The summed E-state index contributed by atoms with van der Waals surface area (Å²) in [5.41, 5.74) is 7.30. The monoisotopic (exact) mass is 416 g/mol. The molecule has 0 saturated carbocycles. The Morgan fingerprint density at radius 2 is 2.00 bits per heavy atom. The number of furan rings is 1. The highest BCUT2D eigenvalue weighted by atomic mass is 16.3. The van der Waals surface area contributed by atoms with Crippen LogP contribution in [0.15, 0.2) is 57.6 Å². The highest BCUT2D eigenvalue weighted by molar-refractivity contribution is 5.60.